The maximum atomic E-state index is 12.1. The van der Waals surface area contributed by atoms with E-state index in [4.69, 9.17) is 9.26 Å². The predicted octanol–water partition coefficient (Wildman–Crippen LogP) is 3.53. The Labute approximate surface area is 121 Å². The van der Waals surface area contributed by atoms with Gasteiger partial charge in [-0.15, -0.1) is 11.3 Å². The van der Waals surface area contributed by atoms with E-state index < -0.39 is 0 Å². The number of carbonyl (C=O) groups excluding carboxylic acids is 1. The van der Waals surface area contributed by atoms with Gasteiger partial charge in [-0.3, -0.25) is 0 Å². The van der Waals surface area contributed by atoms with Crippen molar-refractivity contribution in [1.29, 1.82) is 0 Å². The lowest BCUT2D eigenvalue weighted by Gasteiger charge is -2.16. The summed E-state index contributed by atoms with van der Waals surface area (Å²) in [6, 6.07) is 3.76. The minimum Gasteiger partial charge on any atom is -0.455 e. The molecular formula is C15H17NO3S. The minimum absolute atomic E-state index is 0.162. The van der Waals surface area contributed by atoms with E-state index in [2.05, 4.69) is 12.1 Å². The van der Waals surface area contributed by atoms with Crippen LogP contribution in [0.1, 0.15) is 44.9 Å². The molecule has 106 valence electrons. The topological polar surface area (TPSA) is 52.3 Å². The molecule has 1 aliphatic carbocycles. The Kier molecular flexibility index (Phi) is 3.61. The molecule has 1 atom stereocenters. The Morgan fingerprint density at radius 2 is 2.40 bits per heavy atom. The number of hydrogen-bond donors (Lipinski definition) is 0. The maximum absolute atomic E-state index is 12.1. The summed E-state index contributed by atoms with van der Waals surface area (Å²) < 4.78 is 10.2. The predicted molar refractivity (Wildman–Crippen MR) is 75.9 cm³/mol. The number of fused-ring (bicyclic) bond motifs is 1. The fraction of sp³-hybridized carbons (Fsp3) is 0.467. The van der Waals surface area contributed by atoms with Gasteiger partial charge in [0.2, 0.25) is 0 Å². The summed E-state index contributed by atoms with van der Waals surface area (Å²) in [5, 5.41) is 3.81. The lowest BCUT2D eigenvalue weighted by atomic mass is 9.90. The van der Waals surface area contributed by atoms with Crippen LogP contribution < -0.4 is 0 Å². The molecule has 1 unspecified atom stereocenters. The van der Waals surface area contributed by atoms with Crippen LogP contribution in [0.5, 0.6) is 0 Å². The van der Waals surface area contributed by atoms with E-state index in [1.54, 1.807) is 17.4 Å². The van der Waals surface area contributed by atoms with Gasteiger partial charge in [-0.1, -0.05) is 12.1 Å². The molecule has 3 rings (SSSR count). The van der Waals surface area contributed by atoms with Gasteiger partial charge >= 0.3 is 5.97 Å². The molecule has 0 bridgehead atoms. The first kappa shape index (κ1) is 13.4. The number of aryl methyl sites for hydroxylation is 2. The van der Waals surface area contributed by atoms with Crippen LogP contribution in [-0.4, -0.2) is 11.1 Å². The third-order valence-electron chi connectivity index (χ3n) is 3.56. The highest BCUT2D eigenvalue weighted by atomic mass is 32.1. The van der Waals surface area contributed by atoms with Gasteiger partial charge in [0.15, 0.2) is 0 Å². The van der Waals surface area contributed by atoms with Crippen molar-refractivity contribution < 1.29 is 14.1 Å². The molecule has 0 aliphatic heterocycles. The quantitative estimate of drug-likeness (QED) is 0.812. The molecule has 0 saturated carbocycles. The molecule has 2 aromatic rings. The van der Waals surface area contributed by atoms with Gasteiger partial charge in [0, 0.05) is 10.9 Å². The Balaban J connectivity index is 1.65. The van der Waals surface area contributed by atoms with Gasteiger partial charge in [-0.2, -0.15) is 0 Å². The van der Waals surface area contributed by atoms with Crippen LogP contribution in [-0.2, 0) is 24.2 Å². The first-order valence-electron chi connectivity index (χ1n) is 6.82. The Morgan fingerprint density at radius 1 is 1.55 bits per heavy atom. The van der Waals surface area contributed by atoms with Crippen molar-refractivity contribution in [3.05, 3.63) is 38.9 Å². The minimum atomic E-state index is -0.266. The van der Waals surface area contributed by atoms with Gasteiger partial charge < -0.3 is 9.26 Å². The molecule has 0 fully saturated rings. The number of aromatic nitrogens is 1. The van der Waals surface area contributed by atoms with Gasteiger partial charge in [-0.05, 0) is 43.7 Å². The molecular weight excluding hydrogens is 274 g/mol. The Morgan fingerprint density at radius 3 is 3.15 bits per heavy atom. The van der Waals surface area contributed by atoms with Crippen LogP contribution >= 0.6 is 11.3 Å². The van der Waals surface area contributed by atoms with Gasteiger partial charge in [-0.25, -0.2) is 4.79 Å². The van der Waals surface area contributed by atoms with E-state index >= 15 is 0 Å². The third kappa shape index (κ3) is 2.77. The van der Waals surface area contributed by atoms with Crippen molar-refractivity contribution in [2.24, 2.45) is 5.92 Å². The highest BCUT2D eigenvalue weighted by Crippen LogP contribution is 2.32. The van der Waals surface area contributed by atoms with E-state index in [9.17, 15) is 4.79 Å². The molecule has 0 saturated heterocycles. The van der Waals surface area contributed by atoms with Crippen molar-refractivity contribution >= 4 is 17.3 Å². The summed E-state index contributed by atoms with van der Waals surface area (Å²) in [7, 11) is 0. The summed E-state index contributed by atoms with van der Waals surface area (Å²) in [6.45, 7) is 4.23. The average Bonchev–Trinajstić information content (AvgIpc) is 3.01. The smallest absolute Gasteiger partial charge is 0.348 e. The van der Waals surface area contributed by atoms with E-state index in [-0.39, 0.29) is 12.6 Å². The highest BCUT2D eigenvalue weighted by Gasteiger charge is 2.21. The first-order chi connectivity index (χ1) is 9.61. The lowest BCUT2D eigenvalue weighted by molar-refractivity contribution is 0.0470. The summed E-state index contributed by atoms with van der Waals surface area (Å²) in [6.07, 6.45) is 3.36. The van der Waals surface area contributed by atoms with Crippen LogP contribution in [0.4, 0.5) is 0 Å². The van der Waals surface area contributed by atoms with Crippen molar-refractivity contribution in [3.8, 4) is 0 Å². The molecule has 0 aromatic carbocycles. The Hall–Kier alpha value is -1.62. The van der Waals surface area contributed by atoms with Gasteiger partial charge in [0.25, 0.3) is 0 Å². The fourth-order valence-electron chi connectivity index (χ4n) is 2.50. The number of ether oxygens (including phenoxy) is 1. The molecule has 0 N–H and O–H groups in total. The summed E-state index contributed by atoms with van der Waals surface area (Å²) in [5.41, 5.74) is 1.96. The summed E-state index contributed by atoms with van der Waals surface area (Å²) in [4.78, 5) is 14.1. The summed E-state index contributed by atoms with van der Waals surface area (Å²) >= 11 is 1.57. The average molecular weight is 291 g/mol. The van der Waals surface area contributed by atoms with E-state index in [0.29, 0.717) is 16.5 Å². The third-order valence-corrected chi connectivity index (χ3v) is 4.78. The second-order valence-corrected chi connectivity index (χ2v) is 6.55. The monoisotopic (exact) mass is 291 g/mol. The Bertz CT molecular complexity index is 629. The zero-order valence-corrected chi connectivity index (χ0v) is 12.5. The number of carbonyl (C=O) groups is 1. The molecule has 1 aliphatic rings. The van der Waals surface area contributed by atoms with Crippen molar-refractivity contribution in [3.63, 3.8) is 0 Å². The second kappa shape index (κ2) is 5.40. The SMILES string of the molecule is Cc1cc(COC(=O)c2cc3c(s2)CCC(C)C3)no1. The molecule has 2 heterocycles. The number of hydrogen-bond acceptors (Lipinski definition) is 5. The van der Waals surface area contributed by atoms with E-state index in [0.717, 1.165) is 18.6 Å². The van der Waals surface area contributed by atoms with Crippen LogP contribution in [0, 0.1) is 12.8 Å². The lowest BCUT2D eigenvalue weighted by Crippen LogP contribution is -2.08. The van der Waals surface area contributed by atoms with Gasteiger partial charge in [0.05, 0.1) is 0 Å². The standard InChI is InChI=1S/C15H17NO3S/c1-9-3-4-13-11(5-9)7-14(20-13)15(17)18-8-12-6-10(2)19-16-12/h6-7,9H,3-5,8H2,1-2H3. The van der Waals surface area contributed by atoms with E-state index in [1.165, 1.54) is 16.9 Å². The summed E-state index contributed by atoms with van der Waals surface area (Å²) in [5.74, 6) is 1.16. The maximum Gasteiger partial charge on any atom is 0.348 e. The normalized spacial score (nSPS) is 17.8. The van der Waals surface area contributed by atoms with Gasteiger partial charge in [0.1, 0.15) is 22.9 Å². The van der Waals surface area contributed by atoms with Crippen LogP contribution in [0.2, 0.25) is 0 Å². The van der Waals surface area contributed by atoms with Crippen LogP contribution in [0.15, 0.2) is 16.7 Å². The highest BCUT2D eigenvalue weighted by molar-refractivity contribution is 7.14. The van der Waals surface area contributed by atoms with E-state index in [1.807, 2.05) is 13.0 Å². The first-order valence-corrected chi connectivity index (χ1v) is 7.64. The number of nitrogens with zero attached hydrogens (tertiary/aromatic N) is 1. The van der Waals surface area contributed by atoms with Crippen LogP contribution in [0.25, 0.3) is 0 Å². The zero-order chi connectivity index (χ0) is 14.1. The molecule has 20 heavy (non-hydrogen) atoms. The second-order valence-electron chi connectivity index (χ2n) is 5.41. The number of rotatable bonds is 3. The van der Waals surface area contributed by atoms with Crippen molar-refractivity contribution in [1.82, 2.24) is 5.16 Å². The molecule has 0 radical (unpaired) electrons. The van der Waals surface area contributed by atoms with Crippen molar-refractivity contribution in [2.45, 2.75) is 39.7 Å². The largest absolute Gasteiger partial charge is 0.455 e. The number of thiophene rings is 1. The molecule has 5 heteroatoms. The molecule has 0 amide bonds. The molecule has 4 nitrogen and oxygen atoms in total. The fourth-order valence-corrected chi connectivity index (χ4v) is 3.61. The number of esters is 1. The molecule has 2 aromatic heterocycles. The van der Waals surface area contributed by atoms with Crippen molar-refractivity contribution in [2.75, 3.05) is 0 Å². The molecule has 0 spiro atoms. The van der Waals surface area contributed by atoms with Crippen LogP contribution in [0.3, 0.4) is 0 Å². The zero-order valence-electron chi connectivity index (χ0n) is 11.6.